The molecule has 100 valence electrons. The Hall–Kier alpha value is -1.67. The molecule has 0 saturated carbocycles. The molecule has 0 fully saturated rings. The molecule has 1 heterocycles. The van der Waals surface area contributed by atoms with Crippen LogP contribution in [0.1, 0.15) is 0 Å². The molecule has 0 aliphatic heterocycles. The number of carboxylic acids is 1. The monoisotopic (exact) mass is 299 g/mol. The van der Waals surface area contributed by atoms with Gasteiger partial charge in [0.15, 0.2) is 4.34 Å². The van der Waals surface area contributed by atoms with Crippen molar-refractivity contribution in [1.82, 2.24) is 10.2 Å². The topological polar surface area (TPSA) is 66.3 Å². The lowest BCUT2D eigenvalue weighted by atomic mass is 10.3. The van der Waals surface area contributed by atoms with Gasteiger partial charge in [-0.05, 0) is 12.1 Å². The number of rotatable bonds is 5. The van der Waals surface area contributed by atoms with E-state index in [1.807, 2.05) is 0 Å². The number of benzene rings is 1. The summed E-state index contributed by atoms with van der Waals surface area (Å²) in [6.45, 7) is 0. The number of hydrogen-bond donors (Lipinski definition) is 1. The van der Waals surface area contributed by atoms with E-state index in [0.29, 0.717) is 15.2 Å². The standard InChI is InChI=1S/C11H10FN3O2S2/c1-15(8-5-3-2-4-7(8)12)10-13-14-11(19-10)18-6-9(16)17/h2-5H,6H2,1H3,(H,16,17). The van der Waals surface area contributed by atoms with E-state index >= 15 is 0 Å². The molecule has 2 aromatic rings. The molecular weight excluding hydrogens is 289 g/mol. The first-order chi connectivity index (χ1) is 9.08. The fourth-order valence-corrected chi connectivity index (χ4v) is 2.88. The van der Waals surface area contributed by atoms with Gasteiger partial charge in [0.05, 0.1) is 11.4 Å². The van der Waals surface area contributed by atoms with Gasteiger partial charge in [-0.15, -0.1) is 10.2 Å². The van der Waals surface area contributed by atoms with Gasteiger partial charge < -0.3 is 10.0 Å². The Morgan fingerprint density at radius 1 is 1.47 bits per heavy atom. The van der Waals surface area contributed by atoms with Gasteiger partial charge in [0.25, 0.3) is 0 Å². The fraction of sp³-hybridized carbons (Fsp3) is 0.182. The van der Waals surface area contributed by atoms with E-state index in [9.17, 15) is 9.18 Å². The number of nitrogens with zero attached hydrogens (tertiary/aromatic N) is 3. The zero-order chi connectivity index (χ0) is 13.8. The van der Waals surface area contributed by atoms with Crippen LogP contribution >= 0.6 is 23.1 Å². The van der Waals surface area contributed by atoms with E-state index in [2.05, 4.69) is 10.2 Å². The zero-order valence-electron chi connectivity index (χ0n) is 9.91. The van der Waals surface area contributed by atoms with Gasteiger partial charge in [-0.2, -0.15) is 0 Å². The highest BCUT2D eigenvalue weighted by Gasteiger charge is 2.14. The molecule has 8 heteroatoms. The molecule has 0 amide bonds. The van der Waals surface area contributed by atoms with Crippen molar-refractivity contribution < 1.29 is 14.3 Å². The Morgan fingerprint density at radius 3 is 2.89 bits per heavy atom. The summed E-state index contributed by atoms with van der Waals surface area (Å²) in [5.41, 5.74) is 0.397. The lowest BCUT2D eigenvalue weighted by Crippen LogP contribution is -2.10. The van der Waals surface area contributed by atoms with E-state index in [0.717, 1.165) is 11.8 Å². The second-order valence-corrected chi connectivity index (χ2v) is 5.72. The summed E-state index contributed by atoms with van der Waals surface area (Å²) in [7, 11) is 1.69. The predicted molar refractivity (Wildman–Crippen MR) is 72.7 cm³/mol. The summed E-state index contributed by atoms with van der Waals surface area (Å²) < 4.78 is 14.2. The third-order valence-electron chi connectivity index (χ3n) is 2.22. The number of hydrogen-bond acceptors (Lipinski definition) is 6. The van der Waals surface area contributed by atoms with Crippen LogP contribution in [0.2, 0.25) is 0 Å². The van der Waals surface area contributed by atoms with Gasteiger partial charge in [-0.3, -0.25) is 4.79 Å². The second-order valence-electron chi connectivity index (χ2n) is 3.54. The highest BCUT2D eigenvalue weighted by molar-refractivity contribution is 8.01. The largest absolute Gasteiger partial charge is 0.481 e. The van der Waals surface area contributed by atoms with Gasteiger partial charge in [-0.1, -0.05) is 35.2 Å². The first-order valence-electron chi connectivity index (χ1n) is 5.24. The summed E-state index contributed by atoms with van der Waals surface area (Å²) in [4.78, 5) is 12.0. The van der Waals surface area contributed by atoms with E-state index in [4.69, 9.17) is 5.11 Å². The highest BCUT2D eigenvalue weighted by atomic mass is 32.2. The van der Waals surface area contributed by atoms with Crippen LogP contribution in [-0.4, -0.2) is 34.1 Å². The van der Waals surface area contributed by atoms with Crippen LogP contribution in [0, 0.1) is 5.82 Å². The minimum absolute atomic E-state index is 0.0714. The van der Waals surface area contributed by atoms with Crippen LogP contribution in [-0.2, 0) is 4.79 Å². The van der Waals surface area contributed by atoms with Gasteiger partial charge in [-0.25, -0.2) is 4.39 Å². The third kappa shape index (κ3) is 3.42. The number of para-hydroxylation sites is 1. The molecule has 1 aromatic carbocycles. The van der Waals surface area contributed by atoms with Gasteiger partial charge in [0.1, 0.15) is 5.82 Å². The molecule has 0 spiro atoms. The minimum Gasteiger partial charge on any atom is -0.481 e. The Bertz CT molecular complexity index is 591. The highest BCUT2D eigenvalue weighted by Crippen LogP contribution is 2.32. The first-order valence-corrected chi connectivity index (χ1v) is 7.04. The Morgan fingerprint density at radius 2 is 2.21 bits per heavy atom. The summed E-state index contributed by atoms with van der Waals surface area (Å²) >= 11 is 2.31. The lowest BCUT2D eigenvalue weighted by Gasteiger charge is -2.15. The average molecular weight is 299 g/mol. The van der Waals surface area contributed by atoms with Gasteiger partial charge in [0.2, 0.25) is 5.13 Å². The van der Waals surface area contributed by atoms with Crippen molar-refractivity contribution in [2.45, 2.75) is 4.34 Å². The quantitative estimate of drug-likeness (QED) is 0.856. The molecule has 0 atom stereocenters. The van der Waals surface area contributed by atoms with Crippen LogP contribution in [0.25, 0.3) is 0 Å². The van der Waals surface area contributed by atoms with Gasteiger partial charge in [0, 0.05) is 7.05 Å². The number of aliphatic carboxylic acids is 1. The van der Waals surface area contributed by atoms with E-state index < -0.39 is 5.97 Å². The van der Waals surface area contributed by atoms with Crippen LogP contribution < -0.4 is 4.90 Å². The smallest absolute Gasteiger partial charge is 0.313 e. The summed E-state index contributed by atoms with van der Waals surface area (Å²) in [6.07, 6.45) is 0. The number of thioether (sulfide) groups is 1. The number of anilines is 2. The average Bonchev–Trinajstić information content (AvgIpc) is 2.85. The molecule has 0 bridgehead atoms. The van der Waals surface area contributed by atoms with Crippen molar-refractivity contribution in [3.8, 4) is 0 Å². The van der Waals surface area contributed by atoms with E-state index in [1.165, 1.54) is 17.4 Å². The Kier molecular flexibility index (Phi) is 4.33. The van der Waals surface area contributed by atoms with Crippen LogP contribution in [0.15, 0.2) is 28.6 Å². The molecule has 0 aliphatic rings. The summed E-state index contributed by atoms with van der Waals surface area (Å²) in [5, 5.41) is 16.9. The molecule has 0 saturated heterocycles. The number of halogens is 1. The molecule has 0 aliphatic carbocycles. The van der Waals surface area contributed by atoms with Crippen molar-refractivity contribution in [2.24, 2.45) is 0 Å². The van der Waals surface area contributed by atoms with Crippen molar-refractivity contribution in [3.05, 3.63) is 30.1 Å². The van der Waals surface area contributed by atoms with E-state index in [-0.39, 0.29) is 11.6 Å². The molecule has 0 unspecified atom stereocenters. The molecular formula is C11H10FN3O2S2. The van der Waals surface area contributed by atoms with Crippen molar-refractivity contribution in [3.63, 3.8) is 0 Å². The maximum atomic E-state index is 13.6. The second kappa shape index (κ2) is 5.98. The zero-order valence-corrected chi connectivity index (χ0v) is 11.5. The molecule has 1 aromatic heterocycles. The number of aromatic nitrogens is 2. The van der Waals surface area contributed by atoms with Crippen molar-refractivity contribution in [2.75, 3.05) is 17.7 Å². The number of carboxylic acid groups (broad SMARTS) is 1. The van der Waals surface area contributed by atoms with Crippen LogP contribution in [0.5, 0.6) is 0 Å². The van der Waals surface area contributed by atoms with Crippen LogP contribution in [0.4, 0.5) is 15.2 Å². The van der Waals surface area contributed by atoms with Crippen molar-refractivity contribution >= 4 is 39.9 Å². The summed E-state index contributed by atoms with van der Waals surface area (Å²) in [6, 6.07) is 6.35. The normalized spacial score (nSPS) is 10.4. The third-order valence-corrected chi connectivity index (χ3v) is 4.33. The Balaban J connectivity index is 2.14. The molecule has 0 radical (unpaired) electrons. The molecule has 2 rings (SSSR count). The Labute approximate surface area is 117 Å². The fourth-order valence-electron chi connectivity index (χ4n) is 1.35. The summed E-state index contributed by atoms with van der Waals surface area (Å²) in [5.74, 6) is -1.33. The maximum Gasteiger partial charge on any atom is 0.313 e. The number of carbonyl (C=O) groups is 1. The molecule has 1 N–H and O–H groups in total. The van der Waals surface area contributed by atoms with Crippen LogP contribution in [0.3, 0.4) is 0 Å². The van der Waals surface area contributed by atoms with Crippen molar-refractivity contribution in [1.29, 1.82) is 0 Å². The van der Waals surface area contributed by atoms with Gasteiger partial charge >= 0.3 is 5.97 Å². The maximum absolute atomic E-state index is 13.6. The first kappa shape index (κ1) is 13.8. The predicted octanol–water partition coefficient (Wildman–Crippen LogP) is 2.62. The molecule has 19 heavy (non-hydrogen) atoms. The lowest BCUT2D eigenvalue weighted by molar-refractivity contribution is -0.133. The SMILES string of the molecule is CN(c1nnc(SCC(=O)O)s1)c1ccccc1F. The minimum atomic E-state index is -0.913. The molecule has 5 nitrogen and oxygen atoms in total. The van der Waals surface area contributed by atoms with E-state index in [1.54, 1.807) is 30.1 Å².